The number of amides is 1. The van der Waals surface area contributed by atoms with Gasteiger partial charge in [0.1, 0.15) is 12.4 Å². The second-order valence-corrected chi connectivity index (χ2v) is 8.82. The van der Waals surface area contributed by atoms with Crippen LogP contribution in [-0.4, -0.2) is 58.4 Å². The van der Waals surface area contributed by atoms with Crippen LogP contribution in [0.25, 0.3) is 10.9 Å². The summed E-state index contributed by atoms with van der Waals surface area (Å²) in [5.74, 6) is -0.00171. The molecule has 1 fully saturated rings. The van der Waals surface area contributed by atoms with Crippen LogP contribution in [0.5, 0.6) is 5.75 Å². The van der Waals surface area contributed by atoms with Gasteiger partial charge in [0, 0.05) is 21.7 Å². The van der Waals surface area contributed by atoms with Crippen molar-refractivity contribution in [1.29, 1.82) is 0 Å². The Bertz CT molecular complexity index is 1170. The fourth-order valence-corrected chi connectivity index (χ4v) is 4.53. The molecule has 4 rings (SSSR count). The Morgan fingerprint density at radius 1 is 1.09 bits per heavy atom. The van der Waals surface area contributed by atoms with Crippen molar-refractivity contribution in [2.24, 2.45) is 0 Å². The topological polar surface area (TPSA) is 75.0 Å². The van der Waals surface area contributed by atoms with Crippen LogP contribution < -0.4 is 4.74 Å². The van der Waals surface area contributed by atoms with Gasteiger partial charge in [0.15, 0.2) is 0 Å². The van der Waals surface area contributed by atoms with Gasteiger partial charge in [0.05, 0.1) is 19.0 Å². The van der Waals surface area contributed by atoms with Crippen LogP contribution in [0.2, 0.25) is 5.02 Å². The molecule has 0 aliphatic carbocycles. The van der Waals surface area contributed by atoms with Crippen LogP contribution in [0.15, 0.2) is 42.5 Å². The number of fused-ring (bicyclic) bond motifs is 1. The predicted octanol–water partition coefficient (Wildman–Crippen LogP) is 4.50. The molecule has 1 aromatic heterocycles. The molecule has 7 nitrogen and oxygen atoms in total. The van der Waals surface area contributed by atoms with Crippen LogP contribution in [0.4, 0.5) is 0 Å². The molecule has 1 aliphatic rings. The number of carbonyl (C=O) groups is 2. The third kappa shape index (κ3) is 4.90. The Hall–Kier alpha value is -2.87. The molecular formula is C25H28ClN3O4. The summed E-state index contributed by atoms with van der Waals surface area (Å²) in [4.78, 5) is 28.4. The maximum absolute atomic E-state index is 13.4. The normalized spacial score (nSPS) is 14.4. The lowest BCUT2D eigenvalue weighted by atomic mass is 10.1. The first-order valence-corrected chi connectivity index (χ1v) is 11.5. The van der Waals surface area contributed by atoms with Crippen molar-refractivity contribution >= 4 is 34.3 Å². The number of rotatable bonds is 6. The van der Waals surface area contributed by atoms with E-state index in [2.05, 4.69) is 4.90 Å². The summed E-state index contributed by atoms with van der Waals surface area (Å²) in [6.45, 7) is 3.74. The highest BCUT2D eigenvalue weighted by atomic mass is 35.5. The van der Waals surface area contributed by atoms with Gasteiger partial charge in [-0.15, -0.1) is 0 Å². The number of carbonyl (C=O) groups excluding carboxylic acids is 2. The van der Waals surface area contributed by atoms with Crippen LogP contribution >= 0.6 is 11.6 Å². The summed E-state index contributed by atoms with van der Waals surface area (Å²) in [6, 6.07) is 12.1. The maximum Gasteiger partial charge on any atom is 0.262 e. The van der Waals surface area contributed by atoms with Crippen molar-refractivity contribution < 1.29 is 19.5 Å². The average Bonchev–Trinajstić information content (AvgIpc) is 3.10. The van der Waals surface area contributed by atoms with E-state index >= 15 is 0 Å². The number of hydrogen-bond acceptors (Lipinski definition) is 5. The molecule has 1 aliphatic heterocycles. The maximum atomic E-state index is 13.4. The summed E-state index contributed by atoms with van der Waals surface area (Å²) in [6.07, 6.45) is 3.29. The Balaban J connectivity index is 1.68. The van der Waals surface area contributed by atoms with Gasteiger partial charge in [-0.05, 0) is 80.9 Å². The first-order valence-electron chi connectivity index (χ1n) is 11.1. The Kier molecular flexibility index (Phi) is 7.02. The molecule has 0 bridgehead atoms. The van der Waals surface area contributed by atoms with Gasteiger partial charge < -0.3 is 4.74 Å². The molecule has 8 heteroatoms. The first kappa shape index (κ1) is 23.3. The summed E-state index contributed by atoms with van der Waals surface area (Å²) >= 11 is 5.98. The third-order valence-electron chi connectivity index (χ3n) is 6.23. The molecule has 1 saturated heterocycles. The number of hydroxylamine groups is 2. The molecule has 2 aromatic carbocycles. The second-order valence-electron chi connectivity index (χ2n) is 8.38. The van der Waals surface area contributed by atoms with Crippen LogP contribution in [0.1, 0.15) is 40.9 Å². The predicted molar refractivity (Wildman–Crippen MR) is 127 cm³/mol. The van der Waals surface area contributed by atoms with E-state index in [4.69, 9.17) is 16.3 Å². The van der Waals surface area contributed by atoms with Crippen molar-refractivity contribution in [3.05, 3.63) is 64.3 Å². The van der Waals surface area contributed by atoms with Crippen molar-refractivity contribution in [3.8, 4) is 5.75 Å². The van der Waals surface area contributed by atoms with Gasteiger partial charge in [-0.2, -0.15) is 0 Å². The number of piperidine rings is 1. The molecule has 0 unspecified atom stereocenters. The van der Waals surface area contributed by atoms with Crippen molar-refractivity contribution in [3.63, 3.8) is 0 Å². The Morgan fingerprint density at radius 2 is 1.79 bits per heavy atom. The summed E-state index contributed by atoms with van der Waals surface area (Å²) in [5, 5.41) is 12.5. The number of nitrogens with zero attached hydrogens (tertiary/aromatic N) is 3. The quantitative estimate of drug-likeness (QED) is 0.425. The zero-order chi connectivity index (χ0) is 23.5. The summed E-state index contributed by atoms with van der Waals surface area (Å²) < 4.78 is 6.98. The van der Waals surface area contributed by atoms with E-state index in [0.717, 1.165) is 36.4 Å². The highest BCUT2D eigenvalue weighted by Gasteiger charge is 2.24. The fraction of sp³-hybridized carbons (Fsp3) is 0.360. The monoisotopic (exact) mass is 469 g/mol. The fourth-order valence-electron chi connectivity index (χ4n) is 4.41. The highest BCUT2D eigenvalue weighted by Crippen LogP contribution is 2.31. The average molecular weight is 470 g/mol. The number of benzene rings is 2. The lowest BCUT2D eigenvalue weighted by Gasteiger charge is -2.29. The van der Waals surface area contributed by atoms with E-state index in [1.807, 2.05) is 19.1 Å². The minimum absolute atomic E-state index is 0.0270. The molecule has 3 aromatic rings. The number of likely N-dealkylation sites (tertiary alicyclic amines) is 1. The van der Waals surface area contributed by atoms with Gasteiger partial charge >= 0.3 is 0 Å². The number of aromatic nitrogens is 1. The van der Waals surface area contributed by atoms with Gasteiger partial charge in [-0.25, -0.2) is 5.06 Å². The SMILES string of the molecule is COc1ccc2c(c1)c(CC(=O)N(O)CN1CCCCC1)c(C)n2C(=O)c1ccc(Cl)cc1. The van der Waals surface area contributed by atoms with Gasteiger partial charge in [-0.3, -0.25) is 24.3 Å². The van der Waals surface area contributed by atoms with Crippen molar-refractivity contribution in [2.75, 3.05) is 26.9 Å². The number of methoxy groups -OCH3 is 1. The van der Waals surface area contributed by atoms with Crippen LogP contribution in [-0.2, 0) is 11.2 Å². The van der Waals surface area contributed by atoms with E-state index in [9.17, 15) is 14.8 Å². The number of hydrogen-bond donors (Lipinski definition) is 1. The molecule has 0 atom stereocenters. The molecule has 174 valence electrons. The van der Waals surface area contributed by atoms with E-state index in [-0.39, 0.29) is 19.0 Å². The van der Waals surface area contributed by atoms with Gasteiger partial charge in [0.25, 0.3) is 11.8 Å². The number of halogens is 1. The van der Waals surface area contributed by atoms with Gasteiger partial charge in [-0.1, -0.05) is 18.0 Å². The molecule has 2 heterocycles. The van der Waals surface area contributed by atoms with Crippen molar-refractivity contribution in [1.82, 2.24) is 14.5 Å². The smallest absolute Gasteiger partial charge is 0.262 e. The minimum Gasteiger partial charge on any atom is -0.497 e. The zero-order valence-corrected chi connectivity index (χ0v) is 19.6. The molecule has 33 heavy (non-hydrogen) atoms. The standard InChI is InChI=1S/C25H28ClN3O4/c1-17-21(15-24(30)28(32)16-27-12-4-3-5-13-27)22-14-20(33-2)10-11-23(22)29(17)25(31)18-6-8-19(26)9-7-18/h6-11,14,32H,3-5,12-13,15-16H2,1-2H3. The lowest BCUT2D eigenvalue weighted by molar-refractivity contribution is -0.174. The van der Waals surface area contributed by atoms with Crippen LogP contribution in [0.3, 0.4) is 0 Å². The molecule has 1 N–H and O–H groups in total. The van der Waals surface area contributed by atoms with E-state index in [1.54, 1.807) is 42.0 Å². The molecule has 0 radical (unpaired) electrons. The first-order chi connectivity index (χ1) is 15.9. The van der Waals surface area contributed by atoms with Gasteiger partial charge in [0.2, 0.25) is 0 Å². The van der Waals surface area contributed by atoms with Crippen LogP contribution in [0, 0.1) is 6.92 Å². The molecular weight excluding hydrogens is 442 g/mol. The Morgan fingerprint density at radius 3 is 2.45 bits per heavy atom. The van der Waals surface area contributed by atoms with E-state index in [0.29, 0.717) is 33.1 Å². The minimum atomic E-state index is -0.413. The third-order valence-corrected chi connectivity index (χ3v) is 6.49. The van der Waals surface area contributed by atoms with E-state index < -0.39 is 5.91 Å². The van der Waals surface area contributed by atoms with Crippen molar-refractivity contribution in [2.45, 2.75) is 32.6 Å². The lowest BCUT2D eigenvalue weighted by Crippen LogP contribution is -2.42. The molecule has 0 spiro atoms. The second kappa shape index (κ2) is 9.95. The Labute approximate surface area is 198 Å². The summed E-state index contributed by atoms with van der Waals surface area (Å²) in [5.41, 5.74) is 2.50. The largest absolute Gasteiger partial charge is 0.497 e. The summed E-state index contributed by atoms with van der Waals surface area (Å²) in [7, 11) is 1.57. The highest BCUT2D eigenvalue weighted by molar-refractivity contribution is 6.30. The molecule has 0 saturated carbocycles. The molecule has 1 amide bonds. The zero-order valence-electron chi connectivity index (χ0n) is 18.9. The number of ether oxygens (including phenoxy) is 1. The van der Waals surface area contributed by atoms with E-state index in [1.165, 1.54) is 6.42 Å².